The van der Waals surface area contributed by atoms with Gasteiger partial charge in [0, 0.05) is 12.1 Å². The van der Waals surface area contributed by atoms with Gasteiger partial charge in [-0.1, -0.05) is 6.07 Å². The van der Waals surface area contributed by atoms with E-state index in [-0.39, 0.29) is 11.4 Å². The minimum atomic E-state index is 0.0251. The summed E-state index contributed by atoms with van der Waals surface area (Å²) in [6.07, 6.45) is 2.61. The number of carbonyl (C=O) groups is 1. The van der Waals surface area contributed by atoms with Crippen molar-refractivity contribution in [1.82, 2.24) is 10.6 Å². The standard InChI is InChI=1S/C16H24N2O3/c1-16(7-4-8-18-16)11-17-15(19)10-12-5-6-13(20-2)14(9-12)21-3/h5-6,9,18H,4,7-8,10-11H2,1-3H3,(H,17,19). The Hall–Kier alpha value is -1.75. The molecular weight excluding hydrogens is 268 g/mol. The zero-order valence-electron chi connectivity index (χ0n) is 13.0. The molecule has 0 aromatic heterocycles. The Balaban J connectivity index is 1.90. The molecule has 116 valence electrons. The summed E-state index contributed by atoms with van der Waals surface area (Å²) >= 11 is 0. The predicted molar refractivity (Wildman–Crippen MR) is 81.9 cm³/mol. The molecule has 1 fully saturated rings. The number of methoxy groups -OCH3 is 2. The van der Waals surface area contributed by atoms with Crippen LogP contribution in [0.5, 0.6) is 11.5 Å². The second kappa shape index (κ2) is 6.80. The maximum Gasteiger partial charge on any atom is 0.224 e. The van der Waals surface area contributed by atoms with Gasteiger partial charge in [-0.05, 0) is 44.0 Å². The Morgan fingerprint density at radius 1 is 1.33 bits per heavy atom. The first-order valence-corrected chi connectivity index (χ1v) is 7.29. The van der Waals surface area contributed by atoms with Crippen molar-refractivity contribution in [3.8, 4) is 11.5 Å². The van der Waals surface area contributed by atoms with E-state index in [2.05, 4.69) is 17.6 Å². The molecule has 1 aliphatic heterocycles. The lowest BCUT2D eigenvalue weighted by Crippen LogP contribution is -2.47. The lowest BCUT2D eigenvalue weighted by molar-refractivity contribution is -0.120. The largest absolute Gasteiger partial charge is 0.493 e. The van der Waals surface area contributed by atoms with Crippen LogP contribution in [0, 0.1) is 0 Å². The molecule has 0 aliphatic carbocycles. The highest BCUT2D eigenvalue weighted by Gasteiger charge is 2.28. The number of nitrogens with one attached hydrogen (secondary N) is 2. The monoisotopic (exact) mass is 292 g/mol. The Kier molecular flexibility index (Phi) is 5.07. The van der Waals surface area contributed by atoms with E-state index in [1.54, 1.807) is 14.2 Å². The molecule has 1 amide bonds. The molecule has 1 aromatic rings. The molecule has 1 aromatic carbocycles. The molecule has 1 heterocycles. The van der Waals surface area contributed by atoms with E-state index >= 15 is 0 Å². The first-order valence-electron chi connectivity index (χ1n) is 7.29. The lowest BCUT2D eigenvalue weighted by Gasteiger charge is -2.24. The number of benzene rings is 1. The molecule has 1 atom stereocenters. The van der Waals surface area contributed by atoms with Gasteiger partial charge >= 0.3 is 0 Å². The molecule has 0 radical (unpaired) electrons. The Labute approximate surface area is 126 Å². The lowest BCUT2D eigenvalue weighted by atomic mass is 10.0. The third kappa shape index (κ3) is 4.11. The fourth-order valence-corrected chi connectivity index (χ4v) is 2.64. The second-order valence-electron chi connectivity index (χ2n) is 5.73. The van der Waals surface area contributed by atoms with Crippen LogP contribution in [0.2, 0.25) is 0 Å². The van der Waals surface area contributed by atoms with Gasteiger partial charge in [-0.15, -0.1) is 0 Å². The Morgan fingerprint density at radius 3 is 2.71 bits per heavy atom. The predicted octanol–water partition coefficient (Wildman–Crippen LogP) is 1.50. The quantitative estimate of drug-likeness (QED) is 0.834. The van der Waals surface area contributed by atoms with Gasteiger partial charge in [0.1, 0.15) is 0 Å². The summed E-state index contributed by atoms with van der Waals surface area (Å²) in [4.78, 5) is 12.1. The molecule has 5 heteroatoms. The highest BCUT2D eigenvalue weighted by Crippen LogP contribution is 2.27. The van der Waals surface area contributed by atoms with Crippen LogP contribution in [0.1, 0.15) is 25.3 Å². The average Bonchev–Trinajstić information content (AvgIpc) is 2.92. The van der Waals surface area contributed by atoms with E-state index in [4.69, 9.17) is 9.47 Å². The molecule has 1 aliphatic rings. The summed E-state index contributed by atoms with van der Waals surface area (Å²) < 4.78 is 10.4. The van der Waals surface area contributed by atoms with E-state index in [1.807, 2.05) is 18.2 Å². The zero-order valence-corrected chi connectivity index (χ0v) is 13.0. The molecular formula is C16H24N2O3. The van der Waals surface area contributed by atoms with E-state index in [1.165, 1.54) is 6.42 Å². The van der Waals surface area contributed by atoms with Gasteiger partial charge in [0.25, 0.3) is 0 Å². The molecule has 2 rings (SSSR count). The van der Waals surface area contributed by atoms with Gasteiger partial charge in [0.05, 0.1) is 20.6 Å². The van der Waals surface area contributed by atoms with Crippen LogP contribution in [0.3, 0.4) is 0 Å². The maximum absolute atomic E-state index is 12.1. The summed E-state index contributed by atoms with van der Waals surface area (Å²) in [6.45, 7) is 3.85. The van der Waals surface area contributed by atoms with Gasteiger partial charge in [-0.3, -0.25) is 4.79 Å². The summed E-state index contributed by atoms with van der Waals surface area (Å²) in [5.74, 6) is 1.34. The Morgan fingerprint density at radius 2 is 2.10 bits per heavy atom. The highest BCUT2D eigenvalue weighted by atomic mass is 16.5. The van der Waals surface area contributed by atoms with Crippen LogP contribution in [0.25, 0.3) is 0 Å². The van der Waals surface area contributed by atoms with Crippen LogP contribution < -0.4 is 20.1 Å². The Bertz CT molecular complexity index is 496. The van der Waals surface area contributed by atoms with Crippen molar-refractivity contribution in [2.75, 3.05) is 27.3 Å². The molecule has 5 nitrogen and oxygen atoms in total. The summed E-state index contributed by atoms with van der Waals surface area (Å²) in [6, 6.07) is 5.55. The number of carbonyl (C=O) groups excluding carboxylic acids is 1. The first kappa shape index (κ1) is 15.6. The van der Waals surface area contributed by atoms with Crippen LogP contribution in [-0.4, -0.2) is 38.8 Å². The SMILES string of the molecule is COc1ccc(CC(=O)NCC2(C)CCCN2)cc1OC. The number of hydrogen-bond acceptors (Lipinski definition) is 4. The van der Waals surface area contributed by atoms with E-state index in [0.29, 0.717) is 24.5 Å². The fourth-order valence-electron chi connectivity index (χ4n) is 2.64. The topological polar surface area (TPSA) is 59.6 Å². The van der Waals surface area contributed by atoms with Gasteiger partial charge in [-0.25, -0.2) is 0 Å². The van der Waals surface area contributed by atoms with Crippen molar-refractivity contribution in [3.63, 3.8) is 0 Å². The second-order valence-corrected chi connectivity index (χ2v) is 5.73. The van der Waals surface area contributed by atoms with Crippen molar-refractivity contribution in [3.05, 3.63) is 23.8 Å². The minimum absolute atomic E-state index is 0.0251. The number of rotatable bonds is 6. The molecule has 1 saturated heterocycles. The van der Waals surface area contributed by atoms with Gasteiger partial charge in [0.15, 0.2) is 11.5 Å². The van der Waals surface area contributed by atoms with Gasteiger partial charge in [0.2, 0.25) is 5.91 Å². The third-order valence-corrected chi connectivity index (χ3v) is 3.95. The highest BCUT2D eigenvalue weighted by molar-refractivity contribution is 5.78. The summed E-state index contributed by atoms with van der Waals surface area (Å²) in [7, 11) is 3.19. The van der Waals surface area contributed by atoms with Gasteiger partial charge < -0.3 is 20.1 Å². The van der Waals surface area contributed by atoms with Crippen molar-refractivity contribution in [2.45, 2.75) is 31.7 Å². The zero-order chi connectivity index (χ0) is 15.3. The molecule has 1 unspecified atom stereocenters. The molecule has 0 spiro atoms. The fraction of sp³-hybridized carbons (Fsp3) is 0.562. The molecule has 21 heavy (non-hydrogen) atoms. The first-order chi connectivity index (χ1) is 10.1. The van der Waals surface area contributed by atoms with Crippen molar-refractivity contribution in [2.24, 2.45) is 0 Å². The van der Waals surface area contributed by atoms with Crippen molar-refractivity contribution >= 4 is 5.91 Å². The maximum atomic E-state index is 12.1. The van der Waals surface area contributed by atoms with Crippen LogP contribution in [-0.2, 0) is 11.2 Å². The van der Waals surface area contributed by atoms with E-state index < -0.39 is 0 Å². The summed E-state index contributed by atoms with van der Waals surface area (Å²) in [5.41, 5.74) is 0.947. The average molecular weight is 292 g/mol. The minimum Gasteiger partial charge on any atom is -0.493 e. The van der Waals surface area contributed by atoms with Crippen LogP contribution >= 0.6 is 0 Å². The normalized spacial score (nSPS) is 21.1. The van der Waals surface area contributed by atoms with Crippen LogP contribution in [0.15, 0.2) is 18.2 Å². The van der Waals surface area contributed by atoms with E-state index in [0.717, 1.165) is 18.5 Å². The van der Waals surface area contributed by atoms with Crippen molar-refractivity contribution in [1.29, 1.82) is 0 Å². The molecule has 0 saturated carbocycles. The summed E-state index contributed by atoms with van der Waals surface area (Å²) in [5, 5.41) is 6.44. The molecule has 2 N–H and O–H groups in total. The van der Waals surface area contributed by atoms with Gasteiger partial charge in [-0.2, -0.15) is 0 Å². The number of amides is 1. The number of hydrogen-bond donors (Lipinski definition) is 2. The van der Waals surface area contributed by atoms with Crippen molar-refractivity contribution < 1.29 is 14.3 Å². The van der Waals surface area contributed by atoms with E-state index in [9.17, 15) is 4.79 Å². The third-order valence-electron chi connectivity index (χ3n) is 3.95. The number of ether oxygens (including phenoxy) is 2. The smallest absolute Gasteiger partial charge is 0.224 e. The molecule has 0 bridgehead atoms. The van der Waals surface area contributed by atoms with Crippen LogP contribution in [0.4, 0.5) is 0 Å².